The van der Waals surface area contributed by atoms with Gasteiger partial charge in [0.15, 0.2) is 5.82 Å². The highest BCUT2D eigenvalue weighted by Crippen LogP contribution is 2.36. The number of H-pyrrole nitrogens is 1. The lowest BCUT2D eigenvalue weighted by Crippen LogP contribution is -2.39. The molecule has 1 aliphatic rings. The van der Waals surface area contributed by atoms with Crippen LogP contribution in [0.4, 0.5) is 0 Å². The van der Waals surface area contributed by atoms with E-state index in [9.17, 15) is 9.59 Å². The van der Waals surface area contributed by atoms with Crippen molar-refractivity contribution in [2.24, 2.45) is 13.0 Å². The Morgan fingerprint density at radius 3 is 2.80 bits per heavy atom. The number of nitrogens with one attached hydrogen (secondary N) is 2. The van der Waals surface area contributed by atoms with E-state index in [1.54, 1.807) is 17.4 Å². The molecule has 1 aliphatic carbocycles. The largest absolute Gasteiger partial charge is 0.351 e. The van der Waals surface area contributed by atoms with Gasteiger partial charge in [-0.15, -0.1) is 0 Å². The number of aromatic amines is 1. The Morgan fingerprint density at radius 2 is 2.02 bits per heavy atom. The van der Waals surface area contributed by atoms with Crippen molar-refractivity contribution in [2.45, 2.75) is 25.8 Å². The Morgan fingerprint density at radius 1 is 1.16 bits per heavy atom. The zero-order valence-corrected chi connectivity index (χ0v) is 25.5. The van der Waals surface area contributed by atoms with Gasteiger partial charge in [0.05, 0.1) is 23.1 Å². The van der Waals surface area contributed by atoms with E-state index >= 15 is 0 Å². The van der Waals surface area contributed by atoms with Gasteiger partial charge in [-0.1, -0.05) is 6.08 Å². The van der Waals surface area contributed by atoms with Crippen molar-refractivity contribution in [1.29, 1.82) is 0 Å². The number of imidazole rings is 2. The molecule has 0 spiro atoms. The molecule has 0 radical (unpaired) electrons. The first-order valence-electron chi connectivity index (χ1n) is 15.1. The molecular weight excluding hydrogens is 554 g/mol. The van der Waals surface area contributed by atoms with Gasteiger partial charge in [0, 0.05) is 81.3 Å². The third kappa shape index (κ3) is 6.57. The second-order valence-electron chi connectivity index (χ2n) is 11.8. The first-order valence-corrected chi connectivity index (χ1v) is 15.1. The highest BCUT2D eigenvalue weighted by Gasteiger charge is 2.26. The molecule has 228 valence electrons. The molecule has 2 N–H and O–H groups in total. The summed E-state index contributed by atoms with van der Waals surface area (Å²) in [5.41, 5.74) is 5.23. The van der Waals surface area contributed by atoms with E-state index in [-0.39, 0.29) is 11.8 Å². The molecular formula is C33H39N9O2. The molecule has 11 nitrogen and oxygen atoms in total. The van der Waals surface area contributed by atoms with Crippen LogP contribution in [0.1, 0.15) is 28.9 Å². The van der Waals surface area contributed by atoms with E-state index in [1.807, 2.05) is 62.6 Å². The standard InChI is InChI=1S/C33H39N9O2/c1-39(2)15-5-7-30(43)35-14-17-41(16-12-26-20-34-22-37-26)33(44)25-10-11-28-27(18-25)38-32(40(28)3)29-19-24-6-4-13-36-31(24)42(29)21-23-8-9-23/h4-7,10-11,13,18-20,22-23H,8-9,12,14-17,21H2,1-3H3,(H,34,37)(H,35,43)/b7-5+. The number of pyridine rings is 1. The SMILES string of the molecule is CN(C)C/C=C/C(=O)NCCN(CCc1cnc[nH]1)C(=O)c1ccc2c(c1)nc(-c1cc3cccnc3n1CC1CC1)n2C. The van der Waals surface area contributed by atoms with E-state index in [0.29, 0.717) is 44.1 Å². The maximum absolute atomic E-state index is 13.9. The smallest absolute Gasteiger partial charge is 0.254 e. The van der Waals surface area contributed by atoms with Crippen LogP contribution < -0.4 is 5.32 Å². The summed E-state index contributed by atoms with van der Waals surface area (Å²) in [5, 5.41) is 3.99. The Labute approximate surface area is 256 Å². The summed E-state index contributed by atoms with van der Waals surface area (Å²) in [6, 6.07) is 11.9. The third-order valence-electron chi connectivity index (χ3n) is 8.06. The molecule has 0 bridgehead atoms. The number of rotatable bonds is 13. The maximum atomic E-state index is 13.9. The molecule has 0 saturated heterocycles. The Bertz CT molecular complexity index is 1790. The molecule has 2 amide bonds. The molecule has 1 aromatic carbocycles. The predicted octanol–water partition coefficient (Wildman–Crippen LogP) is 3.64. The van der Waals surface area contributed by atoms with Gasteiger partial charge < -0.3 is 29.2 Å². The van der Waals surface area contributed by atoms with Crippen LogP contribution in [0.2, 0.25) is 0 Å². The van der Waals surface area contributed by atoms with Crippen molar-refractivity contribution in [2.75, 3.05) is 40.3 Å². The average Bonchev–Trinajstić information content (AvgIpc) is 3.39. The zero-order valence-electron chi connectivity index (χ0n) is 25.5. The fourth-order valence-corrected chi connectivity index (χ4v) is 5.50. The number of amides is 2. The quantitative estimate of drug-likeness (QED) is 0.201. The Balaban J connectivity index is 1.24. The van der Waals surface area contributed by atoms with E-state index in [4.69, 9.17) is 4.98 Å². The van der Waals surface area contributed by atoms with Gasteiger partial charge in [0.2, 0.25) is 5.91 Å². The van der Waals surface area contributed by atoms with Crippen molar-refractivity contribution < 1.29 is 9.59 Å². The summed E-state index contributed by atoms with van der Waals surface area (Å²) in [6.45, 7) is 2.80. The van der Waals surface area contributed by atoms with Gasteiger partial charge >= 0.3 is 0 Å². The minimum absolute atomic E-state index is 0.108. The number of likely N-dealkylation sites (N-methyl/N-ethyl adjacent to an activating group) is 1. The van der Waals surface area contributed by atoms with Gasteiger partial charge in [-0.05, 0) is 69.3 Å². The number of aryl methyl sites for hydroxylation is 1. The van der Waals surface area contributed by atoms with E-state index in [2.05, 4.69) is 41.5 Å². The minimum Gasteiger partial charge on any atom is -0.351 e. The highest BCUT2D eigenvalue weighted by atomic mass is 16.2. The van der Waals surface area contributed by atoms with Gasteiger partial charge in [-0.3, -0.25) is 9.59 Å². The van der Waals surface area contributed by atoms with Gasteiger partial charge in [-0.25, -0.2) is 15.0 Å². The number of aromatic nitrogens is 6. The monoisotopic (exact) mass is 593 g/mol. The van der Waals surface area contributed by atoms with Crippen molar-refractivity contribution in [3.8, 4) is 11.5 Å². The second kappa shape index (κ2) is 12.8. The normalized spacial score (nSPS) is 13.5. The number of benzene rings is 1. The molecule has 6 rings (SSSR count). The van der Waals surface area contributed by atoms with Crippen LogP contribution in [0.5, 0.6) is 0 Å². The fourth-order valence-electron chi connectivity index (χ4n) is 5.50. The summed E-state index contributed by atoms with van der Waals surface area (Å²) >= 11 is 0. The van der Waals surface area contributed by atoms with Crippen LogP contribution in [-0.2, 0) is 24.8 Å². The molecule has 0 aliphatic heterocycles. The highest BCUT2D eigenvalue weighted by molar-refractivity contribution is 5.98. The maximum Gasteiger partial charge on any atom is 0.254 e. The van der Waals surface area contributed by atoms with Gasteiger partial charge in [0.1, 0.15) is 5.65 Å². The number of hydrogen-bond acceptors (Lipinski definition) is 6. The second-order valence-corrected chi connectivity index (χ2v) is 11.8. The lowest BCUT2D eigenvalue weighted by Gasteiger charge is -2.23. The van der Waals surface area contributed by atoms with Crippen molar-refractivity contribution in [3.05, 3.63) is 78.5 Å². The molecule has 44 heavy (non-hydrogen) atoms. The van der Waals surface area contributed by atoms with Crippen LogP contribution in [-0.4, -0.2) is 91.0 Å². The van der Waals surface area contributed by atoms with Crippen LogP contribution in [0.25, 0.3) is 33.6 Å². The van der Waals surface area contributed by atoms with Crippen molar-refractivity contribution >= 4 is 33.9 Å². The molecule has 4 aromatic heterocycles. The van der Waals surface area contributed by atoms with Crippen LogP contribution in [0.15, 0.2) is 67.3 Å². The summed E-state index contributed by atoms with van der Waals surface area (Å²) in [5.74, 6) is 1.24. The number of fused-ring (bicyclic) bond motifs is 2. The lowest BCUT2D eigenvalue weighted by molar-refractivity contribution is -0.116. The molecule has 4 heterocycles. The fraction of sp³-hybridized carbons (Fsp3) is 0.364. The van der Waals surface area contributed by atoms with Crippen molar-refractivity contribution in [3.63, 3.8) is 0 Å². The topological polar surface area (TPSA) is 117 Å². The Kier molecular flexibility index (Phi) is 8.56. The summed E-state index contributed by atoms with van der Waals surface area (Å²) in [4.78, 5) is 46.8. The van der Waals surface area contributed by atoms with E-state index in [0.717, 1.165) is 45.8 Å². The number of carbonyl (C=O) groups is 2. The van der Waals surface area contributed by atoms with E-state index < -0.39 is 0 Å². The number of nitrogens with zero attached hydrogens (tertiary/aromatic N) is 7. The van der Waals surface area contributed by atoms with Crippen LogP contribution in [0, 0.1) is 5.92 Å². The predicted molar refractivity (Wildman–Crippen MR) is 171 cm³/mol. The Hall–Kier alpha value is -4.77. The summed E-state index contributed by atoms with van der Waals surface area (Å²) < 4.78 is 4.39. The minimum atomic E-state index is -0.176. The number of hydrogen-bond donors (Lipinski definition) is 2. The van der Waals surface area contributed by atoms with E-state index in [1.165, 1.54) is 18.9 Å². The zero-order chi connectivity index (χ0) is 30.6. The molecule has 0 atom stereocenters. The first kappa shape index (κ1) is 29.3. The van der Waals surface area contributed by atoms with Gasteiger partial charge in [-0.2, -0.15) is 0 Å². The number of carbonyl (C=O) groups excluding carboxylic acids is 2. The molecule has 11 heteroatoms. The summed E-state index contributed by atoms with van der Waals surface area (Å²) in [7, 11) is 5.91. The third-order valence-corrected chi connectivity index (χ3v) is 8.06. The summed E-state index contributed by atoms with van der Waals surface area (Å²) in [6.07, 6.45) is 11.7. The molecule has 1 saturated carbocycles. The van der Waals surface area contributed by atoms with Crippen LogP contribution >= 0.6 is 0 Å². The molecule has 0 unspecified atom stereocenters. The average molecular weight is 594 g/mol. The lowest BCUT2D eigenvalue weighted by atomic mass is 10.1. The first-order chi connectivity index (χ1) is 21.4. The van der Waals surface area contributed by atoms with Crippen molar-refractivity contribution in [1.82, 2.24) is 44.2 Å². The van der Waals surface area contributed by atoms with Gasteiger partial charge in [0.25, 0.3) is 5.91 Å². The van der Waals surface area contributed by atoms with Crippen LogP contribution in [0.3, 0.4) is 0 Å². The molecule has 5 aromatic rings. The molecule has 1 fully saturated rings.